The number of nitrogens with one attached hydrogen (secondary N) is 1. The molecule has 0 aliphatic carbocycles. The third kappa shape index (κ3) is 5.89. The first-order valence-corrected chi connectivity index (χ1v) is 7.56. The number of benzene rings is 1. The summed E-state index contributed by atoms with van der Waals surface area (Å²) in [6.45, 7) is 8.35. The Morgan fingerprint density at radius 1 is 1.33 bits per heavy atom. The Morgan fingerprint density at radius 2 is 2.11 bits per heavy atom. The zero-order valence-electron chi connectivity index (χ0n) is 12.0. The molecule has 0 fully saturated rings. The topological polar surface area (TPSA) is 21.3 Å². The van der Waals surface area contributed by atoms with Crippen molar-refractivity contribution in [3.63, 3.8) is 0 Å². The lowest BCUT2D eigenvalue weighted by molar-refractivity contribution is 0.200. The minimum absolute atomic E-state index is 0.535. The minimum atomic E-state index is 0.535. The van der Waals surface area contributed by atoms with Crippen LogP contribution in [0.5, 0.6) is 0 Å². The number of thioether (sulfide) groups is 1. The van der Waals surface area contributed by atoms with Crippen LogP contribution < -0.4 is 5.32 Å². The van der Waals surface area contributed by atoms with Gasteiger partial charge in [0, 0.05) is 37.0 Å². The van der Waals surface area contributed by atoms with Gasteiger partial charge in [0.25, 0.3) is 0 Å². The van der Waals surface area contributed by atoms with Gasteiger partial charge < -0.3 is 10.1 Å². The third-order valence-corrected chi connectivity index (χ3v) is 3.86. The van der Waals surface area contributed by atoms with Gasteiger partial charge in [0.2, 0.25) is 0 Å². The van der Waals surface area contributed by atoms with Gasteiger partial charge >= 0.3 is 0 Å². The second kappa shape index (κ2) is 8.57. The van der Waals surface area contributed by atoms with E-state index in [2.05, 4.69) is 44.3 Å². The van der Waals surface area contributed by atoms with E-state index in [1.807, 2.05) is 11.8 Å². The molecule has 1 rings (SSSR count). The Morgan fingerprint density at radius 3 is 2.72 bits per heavy atom. The Kier molecular flexibility index (Phi) is 7.40. The summed E-state index contributed by atoms with van der Waals surface area (Å²) >= 11 is 1.91. The van der Waals surface area contributed by atoms with Crippen LogP contribution in [-0.4, -0.2) is 25.5 Å². The molecule has 1 aromatic rings. The number of rotatable bonds is 8. The van der Waals surface area contributed by atoms with Gasteiger partial charge in [-0.2, -0.15) is 0 Å². The first-order chi connectivity index (χ1) is 8.63. The molecule has 1 aromatic carbocycles. The summed E-state index contributed by atoms with van der Waals surface area (Å²) in [5.41, 5.74) is 2.77. The highest BCUT2D eigenvalue weighted by molar-refractivity contribution is 7.99. The normalized spacial score (nSPS) is 11.2. The van der Waals surface area contributed by atoms with E-state index in [0.717, 1.165) is 25.3 Å². The Bertz CT molecular complexity index is 352. The van der Waals surface area contributed by atoms with Gasteiger partial charge in [-0.15, -0.1) is 11.8 Å². The molecule has 0 spiro atoms. The summed E-state index contributed by atoms with van der Waals surface area (Å²) in [6, 6.07) is 7.28. The zero-order chi connectivity index (χ0) is 13.4. The quantitative estimate of drug-likeness (QED) is 0.574. The lowest BCUT2D eigenvalue weighted by Crippen LogP contribution is -2.22. The maximum Gasteiger partial charge on any atom is 0.0470 e. The van der Waals surface area contributed by atoms with Crippen molar-refractivity contribution in [3.05, 3.63) is 29.3 Å². The van der Waals surface area contributed by atoms with Gasteiger partial charge in [0.15, 0.2) is 0 Å². The first-order valence-electron chi connectivity index (χ1n) is 6.58. The number of hydrogen-bond acceptors (Lipinski definition) is 3. The number of hydrogen-bond donors (Lipinski definition) is 1. The number of aryl methyl sites for hydroxylation is 1. The Labute approximate surface area is 116 Å². The highest BCUT2D eigenvalue weighted by Crippen LogP contribution is 2.22. The maximum absolute atomic E-state index is 5.06. The molecular weight excluding hydrogens is 242 g/mol. The minimum Gasteiger partial charge on any atom is -0.385 e. The summed E-state index contributed by atoms with van der Waals surface area (Å²) in [5.74, 6) is 1.12. The van der Waals surface area contributed by atoms with Gasteiger partial charge in [-0.05, 0) is 36.6 Å². The van der Waals surface area contributed by atoms with Crippen molar-refractivity contribution < 1.29 is 4.74 Å². The molecule has 0 radical (unpaired) electrons. The largest absolute Gasteiger partial charge is 0.385 e. The van der Waals surface area contributed by atoms with E-state index in [-0.39, 0.29) is 0 Å². The van der Waals surface area contributed by atoms with Crippen LogP contribution in [0.25, 0.3) is 0 Å². The van der Waals surface area contributed by atoms with E-state index in [1.165, 1.54) is 16.0 Å². The molecule has 1 N–H and O–H groups in total. The van der Waals surface area contributed by atoms with Crippen molar-refractivity contribution in [1.82, 2.24) is 5.32 Å². The Hall–Kier alpha value is -0.510. The number of ether oxygens (including phenoxy) is 1. The van der Waals surface area contributed by atoms with E-state index in [1.54, 1.807) is 7.11 Å². The van der Waals surface area contributed by atoms with Gasteiger partial charge in [-0.25, -0.2) is 0 Å². The standard InChI is InChI=1S/C15H25NOS/c1-12(2)16-11-14-6-7-15(10-13(14)3)18-9-5-8-17-4/h6-7,10,12,16H,5,8-9,11H2,1-4H3. The molecule has 3 heteroatoms. The predicted molar refractivity (Wildman–Crippen MR) is 80.4 cm³/mol. The van der Waals surface area contributed by atoms with E-state index in [0.29, 0.717) is 6.04 Å². The van der Waals surface area contributed by atoms with Crippen LogP contribution in [0.15, 0.2) is 23.1 Å². The summed E-state index contributed by atoms with van der Waals surface area (Å²) in [6.07, 6.45) is 1.11. The molecule has 0 amide bonds. The van der Waals surface area contributed by atoms with Gasteiger partial charge in [-0.1, -0.05) is 19.9 Å². The molecule has 18 heavy (non-hydrogen) atoms. The summed E-state index contributed by atoms with van der Waals surface area (Å²) in [4.78, 5) is 1.36. The second-order valence-corrected chi connectivity index (χ2v) is 5.99. The molecule has 0 unspecified atom stereocenters. The SMILES string of the molecule is COCCCSc1ccc(CNC(C)C)c(C)c1. The molecular formula is C15H25NOS. The molecule has 0 aliphatic heterocycles. The van der Waals surface area contributed by atoms with Crippen LogP contribution >= 0.6 is 11.8 Å². The van der Waals surface area contributed by atoms with Crippen molar-refractivity contribution in [1.29, 1.82) is 0 Å². The van der Waals surface area contributed by atoms with Crippen molar-refractivity contribution in [2.24, 2.45) is 0 Å². The van der Waals surface area contributed by atoms with Gasteiger partial charge in [0.1, 0.15) is 0 Å². The van der Waals surface area contributed by atoms with Crippen LogP contribution in [0.2, 0.25) is 0 Å². The average molecular weight is 267 g/mol. The van der Waals surface area contributed by atoms with Gasteiger partial charge in [-0.3, -0.25) is 0 Å². The molecule has 0 aliphatic rings. The van der Waals surface area contributed by atoms with E-state index in [4.69, 9.17) is 4.74 Å². The van der Waals surface area contributed by atoms with Crippen LogP contribution in [0.1, 0.15) is 31.4 Å². The molecule has 0 bridgehead atoms. The molecule has 102 valence electrons. The molecule has 2 nitrogen and oxygen atoms in total. The summed E-state index contributed by atoms with van der Waals surface area (Å²) in [7, 11) is 1.76. The van der Waals surface area contributed by atoms with Crippen molar-refractivity contribution >= 4 is 11.8 Å². The predicted octanol–water partition coefficient (Wildman–Crippen LogP) is 3.62. The van der Waals surface area contributed by atoms with Crippen molar-refractivity contribution in [2.75, 3.05) is 19.5 Å². The average Bonchev–Trinajstić information content (AvgIpc) is 2.33. The third-order valence-electron chi connectivity index (χ3n) is 2.78. The lowest BCUT2D eigenvalue weighted by Gasteiger charge is -2.11. The molecule has 0 heterocycles. The van der Waals surface area contributed by atoms with Crippen molar-refractivity contribution in [3.8, 4) is 0 Å². The maximum atomic E-state index is 5.06. The molecule has 0 saturated heterocycles. The fourth-order valence-corrected chi connectivity index (χ4v) is 2.59. The fourth-order valence-electron chi connectivity index (χ4n) is 1.66. The zero-order valence-corrected chi connectivity index (χ0v) is 12.8. The van der Waals surface area contributed by atoms with E-state index in [9.17, 15) is 0 Å². The summed E-state index contributed by atoms with van der Waals surface area (Å²) < 4.78 is 5.06. The molecule has 0 saturated carbocycles. The highest BCUT2D eigenvalue weighted by Gasteiger charge is 2.02. The van der Waals surface area contributed by atoms with Crippen molar-refractivity contribution in [2.45, 2.75) is 44.7 Å². The fraction of sp³-hybridized carbons (Fsp3) is 0.600. The first kappa shape index (κ1) is 15.5. The smallest absolute Gasteiger partial charge is 0.0470 e. The molecule has 0 aromatic heterocycles. The van der Waals surface area contributed by atoms with E-state index >= 15 is 0 Å². The van der Waals surface area contributed by atoms with Crippen LogP contribution in [-0.2, 0) is 11.3 Å². The van der Waals surface area contributed by atoms with E-state index < -0.39 is 0 Å². The number of methoxy groups -OCH3 is 1. The molecule has 0 atom stereocenters. The van der Waals surface area contributed by atoms with Crippen LogP contribution in [0.4, 0.5) is 0 Å². The highest BCUT2D eigenvalue weighted by atomic mass is 32.2. The lowest BCUT2D eigenvalue weighted by atomic mass is 10.1. The van der Waals surface area contributed by atoms with Crippen LogP contribution in [0, 0.1) is 6.92 Å². The summed E-state index contributed by atoms with van der Waals surface area (Å²) in [5, 5.41) is 3.46. The second-order valence-electron chi connectivity index (χ2n) is 4.82. The Balaban J connectivity index is 2.46. The van der Waals surface area contributed by atoms with Crippen LogP contribution in [0.3, 0.4) is 0 Å². The monoisotopic (exact) mass is 267 g/mol. The van der Waals surface area contributed by atoms with Gasteiger partial charge in [0.05, 0.1) is 0 Å².